The predicted molar refractivity (Wildman–Crippen MR) is 171 cm³/mol. The van der Waals surface area contributed by atoms with E-state index in [0.717, 1.165) is 19.4 Å². The number of fused-ring (bicyclic) bond motifs is 4. The van der Waals surface area contributed by atoms with Crippen molar-refractivity contribution < 1.29 is 13.9 Å². The maximum atomic E-state index is 17.0. The van der Waals surface area contributed by atoms with Crippen molar-refractivity contribution in [3.8, 4) is 17.0 Å². The van der Waals surface area contributed by atoms with Crippen LogP contribution in [0, 0.1) is 12.7 Å². The molecule has 2 aromatic carbocycles. The third-order valence-corrected chi connectivity index (χ3v) is 9.95. The van der Waals surface area contributed by atoms with Crippen molar-refractivity contribution in [3.63, 3.8) is 0 Å². The van der Waals surface area contributed by atoms with Crippen LogP contribution >= 0.6 is 23.2 Å². The minimum atomic E-state index is -0.566. The van der Waals surface area contributed by atoms with E-state index < -0.39 is 5.82 Å². The lowest BCUT2D eigenvalue weighted by Crippen LogP contribution is -2.38. The zero-order chi connectivity index (χ0) is 30.7. The summed E-state index contributed by atoms with van der Waals surface area (Å²) < 4.78 is 25.3. The number of carbonyl (C=O) groups is 1. The van der Waals surface area contributed by atoms with Gasteiger partial charge in [-0.15, -0.1) is 0 Å². The van der Waals surface area contributed by atoms with Gasteiger partial charge in [-0.2, -0.15) is 10.2 Å². The number of likely N-dealkylation sites (tertiary alicyclic amines) is 2. The van der Waals surface area contributed by atoms with Crippen molar-refractivity contribution >= 4 is 61.8 Å². The van der Waals surface area contributed by atoms with Gasteiger partial charge >= 0.3 is 0 Å². The summed E-state index contributed by atoms with van der Waals surface area (Å²) in [5.74, 6) is -0.313. The second-order valence-electron chi connectivity index (χ2n) is 11.7. The predicted octanol–water partition coefficient (Wildman–Crippen LogP) is 6.70. The molecule has 0 radical (unpaired) electrons. The molecule has 9 nitrogen and oxygen atoms in total. The van der Waals surface area contributed by atoms with Crippen LogP contribution in [0.15, 0.2) is 37.2 Å². The molecule has 228 valence electrons. The van der Waals surface area contributed by atoms with Crippen molar-refractivity contribution in [1.82, 2.24) is 34.8 Å². The number of pyridine rings is 1. The number of carbonyl (C=O) groups excluding carboxylic acids is 1. The minimum Gasteiger partial charge on any atom is -0.475 e. The molecule has 0 bridgehead atoms. The lowest BCUT2D eigenvalue weighted by molar-refractivity contribution is -0.127. The molecule has 12 heteroatoms. The number of piperidine rings is 1. The minimum absolute atomic E-state index is 0.0111. The lowest BCUT2D eigenvalue weighted by Gasteiger charge is -2.32. The van der Waals surface area contributed by atoms with Gasteiger partial charge in [-0.3, -0.25) is 14.6 Å². The number of aromatic nitrogens is 5. The maximum Gasteiger partial charge on any atom is 0.245 e. The highest BCUT2D eigenvalue weighted by Gasteiger charge is 2.29. The van der Waals surface area contributed by atoms with Crippen LogP contribution in [0.4, 0.5) is 4.39 Å². The number of likely N-dealkylation sites (N-methyl/N-ethyl adjacent to an activating group) is 1. The molecule has 44 heavy (non-hydrogen) atoms. The van der Waals surface area contributed by atoms with Gasteiger partial charge in [0.2, 0.25) is 11.8 Å². The number of amides is 1. The van der Waals surface area contributed by atoms with E-state index in [9.17, 15) is 4.79 Å². The van der Waals surface area contributed by atoms with E-state index in [-0.39, 0.29) is 34.1 Å². The first-order chi connectivity index (χ1) is 21.3. The summed E-state index contributed by atoms with van der Waals surface area (Å²) in [4.78, 5) is 21.1. The van der Waals surface area contributed by atoms with E-state index >= 15 is 4.39 Å². The Bertz CT molecular complexity index is 1950. The maximum absolute atomic E-state index is 17.0. The molecule has 0 spiro atoms. The largest absolute Gasteiger partial charge is 0.475 e. The van der Waals surface area contributed by atoms with Crippen molar-refractivity contribution in [2.45, 2.75) is 44.7 Å². The van der Waals surface area contributed by atoms with Crippen LogP contribution in [0.2, 0.25) is 10.0 Å². The molecule has 7 rings (SSSR count). The number of ether oxygens (including phenoxy) is 1. The highest BCUT2D eigenvalue weighted by atomic mass is 35.5. The Kier molecular flexibility index (Phi) is 7.46. The summed E-state index contributed by atoms with van der Waals surface area (Å²) in [5.41, 5.74) is 2.99. The molecule has 1 amide bonds. The second kappa shape index (κ2) is 11.3. The van der Waals surface area contributed by atoms with Crippen LogP contribution in [-0.2, 0) is 4.79 Å². The van der Waals surface area contributed by atoms with E-state index in [1.807, 2.05) is 11.6 Å². The van der Waals surface area contributed by atoms with Crippen LogP contribution in [-0.4, -0.2) is 80.0 Å². The first-order valence-corrected chi connectivity index (χ1v) is 15.6. The number of benzene rings is 2. The fraction of sp³-hybridized carbons (Fsp3) is 0.375. The standard InChI is InChI=1S/C32H32Cl2FN7O2/c1-4-26(43)41-10-7-18(8-11-41)42-31-20-12-24(34)28(27-17(2)23(33)13-25-21(27)14-36-39-25)29(35)30(20)38-32(22(31)15-37-42)44-16-19-6-5-9-40(19)3/h4,12-15,18-19H,1,5-11,16H2,2-3H3,(H,36,39). The normalized spacial score (nSPS) is 18.2. The van der Waals surface area contributed by atoms with Crippen LogP contribution in [0.5, 0.6) is 5.88 Å². The van der Waals surface area contributed by atoms with Gasteiger partial charge in [0.25, 0.3) is 0 Å². The molecule has 2 aliphatic rings. The fourth-order valence-corrected chi connectivity index (χ4v) is 7.26. The Morgan fingerprint density at radius 1 is 1.11 bits per heavy atom. The average molecular weight is 637 g/mol. The molecule has 2 saturated heterocycles. The van der Waals surface area contributed by atoms with Crippen molar-refractivity contribution in [2.24, 2.45) is 0 Å². The van der Waals surface area contributed by atoms with E-state index in [2.05, 4.69) is 28.7 Å². The number of halogens is 3. The van der Waals surface area contributed by atoms with E-state index in [1.165, 1.54) is 6.08 Å². The third-order valence-electron chi connectivity index (χ3n) is 9.26. The zero-order valence-corrected chi connectivity index (χ0v) is 26.1. The van der Waals surface area contributed by atoms with E-state index in [1.54, 1.807) is 29.4 Å². The Balaban J connectivity index is 1.41. The Morgan fingerprint density at radius 2 is 1.91 bits per heavy atom. The van der Waals surface area contributed by atoms with Gasteiger partial charge in [-0.1, -0.05) is 29.8 Å². The number of nitrogens with one attached hydrogen (secondary N) is 1. The van der Waals surface area contributed by atoms with Crippen molar-refractivity contribution in [1.29, 1.82) is 0 Å². The van der Waals surface area contributed by atoms with Gasteiger partial charge in [-0.05, 0) is 70.0 Å². The zero-order valence-electron chi connectivity index (χ0n) is 24.5. The summed E-state index contributed by atoms with van der Waals surface area (Å²) in [7, 11) is 2.09. The topological polar surface area (TPSA) is 92.2 Å². The summed E-state index contributed by atoms with van der Waals surface area (Å²) in [6, 6.07) is 3.77. The first kappa shape index (κ1) is 29.0. The molecule has 3 aromatic heterocycles. The molecule has 2 aliphatic heterocycles. The summed E-state index contributed by atoms with van der Waals surface area (Å²) in [6.45, 7) is 8.05. The highest BCUT2D eigenvalue weighted by Crippen LogP contribution is 2.45. The molecule has 5 heterocycles. The number of hydrogen-bond acceptors (Lipinski definition) is 6. The number of aromatic amines is 1. The third kappa shape index (κ3) is 4.71. The monoisotopic (exact) mass is 635 g/mol. The van der Waals surface area contributed by atoms with Crippen LogP contribution in [0.25, 0.3) is 43.8 Å². The van der Waals surface area contributed by atoms with Crippen LogP contribution < -0.4 is 4.74 Å². The average Bonchev–Trinajstić information content (AvgIpc) is 3.78. The SMILES string of the molecule is C=CC(=O)N1CCC(n2ncc3c(OCC4CCCN4C)nc4c(F)c(-c5c(C)c(Cl)cc6[nH]ncc56)c(Cl)cc4c32)CC1. The molecule has 1 unspecified atom stereocenters. The summed E-state index contributed by atoms with van der Waals surface area (Å²) in [5, 5.41) is 14.5. The van der Waals surface area contributed by atoms with Crippen molar-refractivity contribution in [3.05, 3.63) is 58.6 Å². The van der Waals surface area contributed by atoms with Gasteiger partial charge in [0.05, 0.1) is 39.9 Å². The van der Waals surface area contributed by atoms with Gasteiger partial charge in [0.15, 0.2) is 5.82 Å². The van der Waals surface area contributed by atoms with Gasteiger partial charge < -0.3 is 14.5 Å². The number of rotatable bonds is 6. The molecular formula is C32H32Cl2FN7O2. The summed E-state index contributed by atoms with van der Waals surface area (Å²) in [6.07, 6.45) is 8.25. The molecular weight excluding hydrogens is 604 g/mol. The molecule has 5 aromatic rings. The Labute approximate surface area is 263 Å². The van der Waals surface area contributed by atoms with Gasteiger partial charge in [0, 0.05) is 46.1 Å². The molecule has 2 fully saturated rings. The smallest absolute Gasteiger partial charge is 0.245 e. The fourth-order valence-electron chi connectivity index (χ4n) is 6.77. The second-order valence-corrected chi connectivity index (χ2v) is 12.6. The number of nitrogens with zero attached hydrogens (tertiary/aromatic N) is 6. The van der Waals surface area contributed by atoms with E-state index in [4.69, 9.17) is 38.0 Å². The number of hydrogen-bond donors (Lipinski definition) is 1. The Hall–Kier alpha value is -3.73. The number of H-pyrrole nitrogens is 1. The molecule has 1 atom stereocenters. The van der Waals surface area contributed by atoms with Crippen LogP contribution in [0.1, 0.15) is 37.3 Å². The first-order valence-electron chi connectivity index (χ1n) is 14.8. The lowest BCUT2D eigenvalue weighted by atomic mass is 9.94. The molecule has 0 saturated carbocycles. The van der Waals surface area contributed by atoms with Crippen molar-refractivity contribution in [2.75, 3.05) is 33.3 Å². The molecule has 1 N–H and O–H groups in total. The molecule has 0 aliphatic carbocycles. The highest BCUT2D eigenvalue weighted by molar-refractivity contribution is 6.36. The Morgan fingerprint density at radius 3 is 2.64 bits per heavy atom. The van der Waals surface area contributed by atoms with Gasteiger partial charge in [0.1, 0.15) is 12.1 Å². The summed E-state index contributed by atoms with van der Waals surface area (Å²) >= 11 is 13.5. The van der Waals surface area contributed by atoms with Crippen LogP contribution in [0.3, 0.4) is 0 Å². The van der Waals surface area contributed by atoms with Gasteiger partial charge in [-0.25, -0.2) is 9.37 Å². The van der Waals surface area contributed by atoms with E-state index in [0.29, 0.717) is 81.8 Å². The quantitative estimate of drug-likeness (QED) is 0.209.